The molecule has 0 saturated carbocycles. The molecule has 2 heterocycles. The van der Waals surface area contributed by atoms with Gasteiger partial charge < -0.3 is 9.88 Å². The second-order valence-electron chi connectivity index (χ2n) is 3.36. The molecule has 1 aliphatic heterocycles. The molecule has 0 amide bonds. The van der Waals surface area contributed by atoms with Crippen molar-refractivity contribution in [1.29, 1.82) is 0 Å². The van der Waals surface area contributed by atoms with Gasteiger partial charge >= 0.3 is 0 Å². The molecule has 3 heteroatoms. The maximum atomic E-state index is 6.10. The van der Waals surface area contributed by atoms with E-state index in [2.05, 4.69) is 28.2 Å². The SMILES string of the molecule is Clc1cccc2c1NCc1cccn1-2. The Balaban J connectivity index is 2.31. The molecule has 14 heavy (non-hydrogen) atoms. The van der Waals surface area contributed by atoms with Gasteiger partial charge in [-0.2, -0.15) is 0 Å². The average molecular weight is 205 g/mol. The molecule has 1 aliphatic rings. The van der Waals surface area contributed by atoms with Gasteiger partial charge in [0, 0.05) is 11.9 Å². The molecule has 2 aromatic rings. The average Bonchev–Trinajstić information content (AvgIpc) is 2.66. The zero-order valence-corrected chi connectivity index (χ0v) is 8.25. The molecule has 0 atom stereocenters. The normalized spacial score (nSPS) is 12.9. The van der Waals surface area contributed by atoms with E-state index in [1.807, 2.05) is 18.2 Å². The highest BCUT2D eigenvalue weighted by Crippen LogP contribution is 2.33. The van der Waals surface area contributed by atoms with Gasteiger partial charge in [0.1, 0.15) is 0 Å². The predicted molar refractivity (Wildman–Crippen MR) is 58.1 cm³/mol. The Labute approximate surface area is 87.1 Å². The van der Waals surface area contributed by atoms with Crippen molar-refractivity contribution < 1.29 is 0 Å². The molecule has 1 aromatic carbocycles. The maximum absolute atomic E-state index is 6.10. The van der Waals surface area contributed by atoms with Gasteiger partial charge in [0.2, 0.25) is 0 Å². The lowest BCUT2D eigenvalue weighted by Gasteiger charge is -2.22. The highest BCUT2D eigenvalue weighted by molar-refractivity contribution is 6.33. The predicted octanol–water partition coefficient (Wildman–Crippen LogP) is 3.06. The van der Waals surface area contributed by atoms with E-state index in [1.165, 1.54) is 5.69 Å². The topological polar surface area (TPSA) is 17.0 Å². The van der Waals surface area contributed by atoms with Crippen molar-refractivity contribution in [3.05, 3.63) is 47.2 Å². The van der Waals surface area contributed by atoms with Gasteiger partial charge in [0.05, 0.1) is 22.9 Å². The molecule has 1 N–H and O–H groups in total. The molecule has 0 spiro atoms. The van der Waals surface area contributed by atoms with Gasteiger partial charge in [0.15, 0.2) is 0 Å². The molecule has 0 unspecified atom stereocenters. The molecular weight excluding hydrogens is 196 g/mol. The molecule has 0 radical (unpaired) electrons. The fourth-order valence-corrected chi connectivity index (χ4v) is 2.10. The van der Waals surface area contributed by atoms with E-state index in [0.29, 0.717) is 0 Å². The number of benzene rings is 1. The number of fused-ring (bicyclic) bond motifs is 3. The number of nitrogens with zero attached hydrogens (tertiary/aromatic N) is 1. The second kappa shape index (κ2) is 2.79. The van der Waals surface area contributed by atoms with Crippen LogP contribution in [0, 0.1) is 0 Å². The highest BCUT2D eigenvalue weighted by Gasteiger charge is 2.15. The van der Waals surface area contributed by atoms with Crippen molar-refractivity contribution >= 4 is 17.3 Å². The molecule has 3 rings (SSSR count). The van der Waals surface area contributed by atoms with E-state index in [9.17, 15) is 0 Å². The smallest absolute Gasteiger partial charge is 0.0777 e. The van der Waals surface area contributed by atoms with Gasteiger partial charge in [-0.1, -0.05) is 17.7 Å². The maximum Gasteiger partial charge on any atom is 0.0777 e. The third-order valence-corrected chi connectivity index (χ3v) is 2.85. The number of hydrogen-bond acceptors (Lipinski definition) is 1. The van der Waals surface area contributed by atoms with Crippen molar-refractivity contribution in [3.63, 3.8) is 0 Å². The molecule has 0 aliphatic carbocycles. The third-order valence-electron chi connectivity index (χ3n) is 2.53. The minimum atomic E-state index is 0.779. The van der Waals surface area contributed by atoms with Crippen LogP contribution in [0.3, 0.4) is 0 Å². The summed E-state index contributed by atoms with van der Waals surface area (Å²) in [6.07, 6.45) is 2.06. The Morgan fingerprint density at radius 2 is 2.14 bits per heavy atom. The molecular formula is C11H9ClN2. The van der Waals surface area contributed by atoms with E-state index in [-0.39, 0.29) is 0 Å². The van der Waals surface area contributed by atoms with E-state index in [4.69, 9.17) is 11.6 Å². The Morgan fingerprint density at radius 1 is 1.21 bits per heavy atom. The summed E-state index contributed by atoms with van der Waals surface area (Å²) in [5, 5.41) is 4.10. The van der Waals surface area contributed by atoms with E-state index < -0.39 is 0 Å². The Morgan fingerprint density at radius 3 is 3.07 bits per heavy atom. The van der Waals surface area contributed by atoms with E-state index in [1.54, 1.807) is 0 Å². The summed E-state index contributed by atoms with van der Waals surface area (Å²) in [5.41, 5.74) is 3.42. The number of hydrogen-bond donors (Lipinski definition) is 1. The number of halogens is 1. The molecule has 2 nitrogen and oxygen atoms in total. The van der Waals surface area contributed by atoms with Crippen molar-refractivity contribution in [3.8, 4) is 5.69 Å². The fourth-order valence-electron chi connectivity index (χ4n) is 1.86. The summed E-state index contributed by atoms with van der Waals surface area (Å²) in [4.78, 5) is 0. The summed E-state index contributed by atoms with van der Waals surface area (Å²) >= 11 is 6.10. The highest BCUT2D eigenvalue weighted by atomic mass is 35.5. The number of anilines is 1. The second-order valence-corrected chi connectivity index (χ2v) is 3.76. The van der Waals surface area contributed by atoms with Crippen molar-refractivity contribution in [1.82, 2.24) is 4.57 Å². The van der Waals surface area contributed by atoms with Crippen LogP contribution in [0.15, 0.2) is 36.5 Å². The number of nitrogens with one attached hydrogen (secondary N) is 1. The zero-order valence-electron chi connectivity index (χ0n) is 7.50. The largest absolute Gasteiger partial charge is 0.377 e. The Kier molecular flexibility index (Phi) is 1.58. The van der Waals surface area contributed by atoms with Crippen LogP contribution in [0.1, 0.15) is 5.69 Å². The van der Waals surface area contributed by atoms with Crippen LogP contribution in [0.2, 0.25) is 5.02 Å². The van der Waals surface area contributed by atoms with E-state index in [0.717, 1.165) is 22.9 Å². The van der Waals surface area contributed by atoms with Gasteiger partial charge in [-0.25, -0.2) is 0 Å². The first-order chi connectivity index (χ1) is 6.86. The van der Waals surface area contributed by atoms with Crippen molar-refractivity contribution in [2.45, 2.75) is 6.54 Å². The number of aromatic nitrogens is 1. The van der Waals surface area contributed by atoms with Gasteiger partial charge in [-0.15, -0.1) is 0 Å². The minimum absolute atomic E-state index is 0.779. The lowest BCUT2D eigenvalue weighted by atomic mass is 10.2. The van der Waals surface area contributed by atoms with Crippen LogP contribution >= 0.6 is 11.6 Å². The molecule has 0 saturated heterocycles. The van der Waals surface area contributed by atoms with E-state index >= 15 is 0 Å². The summed E-state index contributed by atoms with van der Waals surface area (Å²) < 4.78 is 2.16. The first-order valence-corrected chi connectivity index (χ1v) is 4.93. The third kappa shape index (κ3) is 0.976. The standard InChI is InChI=1S/C11H9ClN2/c12-9-4-1-5-10-11(9)13-7-8-3-2-6-14(8)10/h1-6,13H,7H2. The molecule has 1 aromatic heterocycles. The summed E-state index contributed by atoms with van der Waals surface area (Å²) in [6, 6.07) is 10.1. The lowest BCUT2D eigenvalue weighted by molar-refractivity contribution is 0.908. The number of para-hydroxylation sites is 1. The number of rotatable bonds is 0. The lowest BCUT2D eigenvalue weighted by Crippen LogP contribution is -2.14. The van der Waals surface area contributed by atoms with Crippen LogP contribution in [0.5, 0.6) is 0 Å². The quantitative estimate of drug-likeness (QED) is 0.698. The Hall–Kier alpha value is -1.41. The van der Waals surface area contributed by atoms with Gasteiger partial charge in [-0.3, -0.25) is 0 Å². The summed E-state index contributed by atoms with van der Waals surface area (Å²) in [6.45, 7) is 0.837. The van der Waals surface area contributed by atoms with Crippen LogP contribution in [-0.2, 0) is 6.54 Å². The summed E-state index contributed by atoms with van der Waals surface area (Å²) in [7, 11) is 0. The zero-order chi connectivity index (χ0) is 9.54. The van der Waals surface area contributed by atoms with Crippen LogP contribution in [-0.4, -0.2) is 4.57 Å². The van der Waals surface area contributed by atoms with Crippen LogP contribution in [0.4, 0.5) is 5.69 Å². The Bertz CT molecular complexity index is 488. The molecule has 0 fully saturated rings. The molecule has 0 bridgehead atoms. The summed E-state index contributed by atoms with van der Waals surface area (Å²) in [5.74, 6) is 0. The first-order valence-electron chi connectivity index (χ1n) is 4.55. The first kappa shape index (κ1) is 7.94. The van der Waals surface area contributed by atoms with Crippen molar-refractivity contribution in [2.24, 2.45) is 0 Å². The minimum Gasteiger partial charge on any atom is -0.377 e. The van der Waals surface area contributed by atoms with Crippen LogP contribution in [0.25, 0.3) is 5.69 Å². The van der Waals surface area contributed by atoms with Gasteiger partial charge in [-0.05, 0) is 24.3 Å². The monoisotopic (exact) mass is 204 g/mol. The fraction of sp³-hybridized carbons (Fsp3) is 0.0909. The van der Waals surface area contributed by atoms with Crippen molar-refractivity contribution in [2.75, 3.05) is 5.32 Å². The molecule has 70 valence electrons. The van der Waals surface area contributed by atoms with Gasteiger partial charge in [0.25, 0.3) is 0 Å². The van der Waals surface area contributed by atoms with Crippen LogP contribution < -0.4 is 5.32 Å².